The van der Waals surface area contributed by atoms with E-state index in [1.807, 2.05) is 48.2 Å². The summed E-state index contributed by atoms with van der Waals surface area (Å²) >= 11 is 0. The Morgan fingerprint density at radius 2 is 1.86 bits per heavy atom. The maximum absolute atomic E-state index is 13.2. The van der Waals surface area contributed by atoms with E-state index in [9.17, 15) is 9.18 Å². The largest absolute Gasteiger partial charge is 0.378 e. The van der Waals surface area contributed by atoms with Gasteiger partial charge in [-0.3, -0.25) is 4.98 Å². The van der Waals surface area contributed by atoms with Crippen LogP contribution in [0.25, 0.3) is 0 Å². The molecule has 0 saturated carbocycles. The van der Waals surface area contributed by atoms with E-state index < -0.39 is 0 Å². The maximum atomic E-state index is 13.2. The lowest BCUT2D eigenvalue weighted by Gasteiger charge is -2.37. The van der Waals surface area contributed by atoms with Crippen LogP contribution in [0.2, 0.25) is 0 Å². The van der Waals surface area contributed by atoms with Crippen LogP contribution in [-0.4, -0.2) is 61.1 Å². The molecule has 0 bridgehead atoms. The van der Waals surface area contributed by atoms with E-state index in [1.165, 1.54) is 12.3 Å². The molecule has 1 fully saturated rings. The first-order valence-corrected chi connectivity index (χ1v) is 10.0. The number of nitrogens with one attached hydrogen (secondary N) is 1. The summed E-state index contributed by atoms with van der Waals surface area (Å²) in [5.74, 6) is -0.370. The predicted molar refractivity (Wildman–Crippen MR) is 113 cm³/mol. The van der Waals surface area contributed by atoms with Gasteiger partial charge in [-0.05, 0) is 62.8 Å². The van der Waals surface area contributed by atoms with Crippen LogP contribution in [0, 0.1) is 5.82 Å². The van der Waals surface area contributed by atoms with Gasteiger partial charge in [-0.1, -0.05) is 12.1 Å². The molecule has 7 heteroatoms. The minimum absolute atomic E-state index is 0.109. The molecule has 1 aromatic heterocycles. The molecule has 0 aliphatic carbocycles. The number of aromatic nitrogens is 1. The normalized spacial score (nSPS) is 15.2. The van der Waals surface area contributed by atoms with Crippen molar-refractivity contribution in [2.24, 2.45) is 0 Å². The van der Waals surface area contributed by atoms with Crippen molar-refractivity contribution >= 4 is 11.7 Å². The lowest BCUT2D eigenvalue weighted by atomic mass is 10.0. The van der Waals surface area contributed by atoms with Gasteiger partial charge in [0, 0.05) is 32.4 Å². The van der Waals surface area contributed by atoms with E-state index in [4.69, 9.17) is 0 Å². The second-order valence-corrected chi connectivity index (χ2v) is 7.85. The van der Waals surface area contributed by atoms with Gasteiger partial charge >= 0.3 is 6.03 Å². The first kappa shape index (κ1) is 21.0. The topological polar surface area (TPSA) is 51.7 Å². The second-order valence-electron chi connectivity index (χ2n) is 7.85. The third kappa shape index (κ3) is 5.90. The van der Waals surface area contributed by atoms with Crippen molar-refractivity contribution in [1.82, 2.24) is 20.1 Å². The number of carbonyl (C=O) groups is 1. The van der Waals surface area contributed by atoms with Crippen LogP contribution in [-0.2, 0) is 13.1 Å². The number of likely N-dealkylation sites (tertiary alicyclic amines) is 1. The number of rotatable bonds is 6. The molecular weight excluding hydrogens is 369 g/mol. The second kappa shape index (κ2) is 9.69. The number of hydrogen-bond donors (Lipinski definition) is 1. The van der Waals surface area contributed by atoms with Crippen LogP contribution in [0.5, 0.6) is 0 Å². The fourth-order valence-corrected chi connectivity index (χ4v) is 3.54. The third-order valence-electron chi connectivity index (χ3n) is 5.41. The van der Waals surface area contributed by atoms with Gasteiger partial charge in [0.25, 0.3) is 0 Å². The average molecular weight is 400 g/mol. The van der Waals surface area contributed by atoms with Crippen LogP contribution in [0.4, 0.5) is 14.9 Å². The molecule has 2 amide bonds. The molecular formula is C22H30FN5O. The molecule has 1 aromatic carbocycles. The highest BCUT2D eigenvalue weighted by Gasteiger charge is 2.27. The lowest BCUT2D eigenvalue weighted by Crippen LogP contribution is -2.49. The molecule has 1 saturated heterocycles. The van der Waals surface area contributed by atoms with Crippen LogP contribution in [0.1, 0.15) is 24.1 Å². The van der Waals surface area contributed by atoms with E-state index in [1.54, 1.807) is 6.07 Å². The van der Waals surface area contributed by atoms with Gasteiger partial charge in [-0.2, -0.15) is 0 Å². The molecule has 0 unspecified atom stereocenters. The Morgan fingerprint density at radius 1 is 1.17 bits per heavy atom. The Morgan fingerprint density at radius 3 is 2.45 bits per heavy atom. The van der Waals surface area contributed by atoms with Crippen molar-refractivity contribution in [2.45, 2.75) is 32.0 Å². The summed E-state index contributed by atoms with van der Waals surface area (Å²) in [5, 5.41) is 3.05. The Hall–Kier alpha value is -2.67. The summed E-state index contributed by atoms with van der Waals surface area (Å²) in [7, 11) is 6.10. The van der Waals surface area contributed by atoms with Gasteiger partial charge < -0.3 is 20.0 Å². The van der Waals surface area contributed by atoms with Crippen molar-refractivity contribution in [2.75, 3.05) is 39.1 Å². The van der Waals surface area contributed by atoms with Crippen molar-refractivity contribution in [3.05, 3.63) is 59.7 Å². The Balaban J connectivity index is 1.66. The molecule has 29 heavy (non-hydrogen) atoms. The molecule has 1 N–H and O–H groups in total. The molecule has 2 heterocycles. The van der Waals surface area contributed by atoms with E-state index >= 15 is 0 Å². The van der Waals surface area contributed by atoms with Crippen LogP contribution in [0.15, 0.2) is 42.6 Å². The number of anilines is 1. The molecule has 156 valence electrons. The summed E-state index contributed by atoms with van der Waals surface area (Å²) in [5.41, 5.74) is 2.86. The first-order chi connectivity index (χ1) is 13.9. The summed E-state index contributed by atoms with van der Waals surface area (Å²) in [4.78, 5) is 23.3. The average Bonchev–Trinajstić information content (AvgIpc) is 2.72. The van der Waals surface area contributed by atoms with Gasteiger partial charge in [-0.15, -0.1) is 0 Å². The minimum Gasteiger partial charge on any atom is -0.378 e. The van der Waals surface area contributed by atoms with Gasteiger partial charge in [0.15, 0.2) is 0 Å². The van der Waals surface area contributed by atoms with E-state index in [0.717, 1.165) is 37.2 Å². The van der Waals surface area contributed by atoms with E-state index in [2.05, 4.69) is 22.2 Å². The van der Waals surface area contributed by atoms with Gasteiger partial charge in [0.2, 0.25) is 0 Å². The molecule has 0 radical (unpaired) electrons. The number of urea groups is 1. The highest BCUT2D eigenvalue weighted by molar-refractivity contribution is 5.74. The Labute approximate surface area is 172 Å². The lowest BCUT2D eigenvalue weighted by molar-refractivity contribution is 0.126. The van der Waals surface area contributed by atoms with Crippen LogP contribution < -0.4 is 10.2 Å². The zero-order valence-corrected chi connectivity index (χ0v) is 17.4. The number of piperidine rings is 1. The molecule has 0 spiro atoms. The van der Waals surface area contributed by atoms with Crippen molar-refractivity contribution in [1.29, 1.82) is 0 Å². The number of halogens is 1. The number of benzene rings is 1. The smallest absolute Gasteiger partial charge is 0.318 e. The number of amides is 2. The SMILES string of the molecule is CN1CCC(N(Cc2ccc(F)cn2)C(=O)NCc2ccc(N(C)C)cc2)CC1. The van der Waals surface area contributed by atoms with Gasteiger partial charge in [0.05, 0.1) is 18.4 Å². The first-order valence-electron chi connectivity index (χ1n) is 10.0. The molecule has 1 aliphatic heterocycles. The summed E-state index contributed by atoms with van der Waals surface area (Å²) in [6.07, 6.45) is 3.04. The Kier molecular flexibility index (Phi) is 7.04. The molecule has 3 rings (SSSR count). The summed E-state index contributed by atoms with van der Waals surface area (Å²) < 4.78 is 13.2. The highest BCUT2D eigenvalue weighted by atomic mass is 19.1. The van der Waals surface area contributed by atoms with Crippen LogP contribution >= 0.6 is 0 Å². The predicted octanol–water partition coefficient (Wildman–Crippen LogP) is 3.09. The zero-order chi connectivity index (χ0) is 20.8. The molecule has 1 aliphatic rings. The van der Waals surface area contributed by atoms with Crippen LogP contribution in [0.3, 0.4) is 0 Å². The zero-order valence-electron chi connectivity index (χ0n) is 17.4. The standard InChI is InChI=1S/C22H30FN5O/c1-26(2)20-8-4-17(5-9-20)14-25-22(29)28(21-10-12-27(3)13-11-21)16-19-7-6-18(23)15-24-19/h4-9,15,21H,10-14,16H2,1-3H3,(H,25,29). The highest BCUT2D eigenvalue weighted by Crippen LogP contribution is 2.19. The summed E-state index contributed by atoms with van der Waals surface area (Å²) in [6.45, 7) is 2.75. The van der Waals surface area contributed by atoms with Gasteiger partial charge in [0.1, 0.15) is 5.82 Å². The summed E-state index contributed by atoms with van der Waals surface area (Å²) in [6, 6.07) is 11.2. The molecule has 2 aromatic rings. The van der Waals surface area contributed by atoms with Crippen molar-refractivity contribution < 1.29 is 9.18 Å². The van der Waals surface area contributed by atoms with E-state index in [-0.39, 0.29) is 17.9 Å². The minimum atomic E-state index is -0.370. The fourth-order valence-electron chi connectivity index (χ4n) is 3.54. The third-order valence-corrected chi connectivity index (χ3v) is 5.41. The van der Waals surface area contributed by atoms with Crippen molar-refractivity contribution in [3.63, 3.8) is 0 Å². The van der Waals surface area contributed by atoms with Crippen molar-refractivity contribution in [3.8, 4) is 0 Å². The number of carbonyl (C=O) groups excluding carboxylic acids is 1. The Bertz CT molecular complexity index is 786. The molecule has 0 atom stereocenters. The monoisotopic (exact) mass is 399 g/mol. The number of nitrogens with zero attached hydrogens (tertiary/aromatic N) is 4. The maximum Gasteiger partial charge on any atom is 0.318 e. The van der Waals surface area contributed by atoms with Gasteiger partial charge in [-0.25, -0.2) is 9.18 Å². The number of hydrogen-bond acceptors (Lipinski definition) is 4. The fraction of sp³-hybridized carbons (Fsp3) is 0.455. The number of pyridine rings is 1. The molecule has 6 nitrogen and oxygen atoms in total. The van der Waals surface area contributed by atoms with E-state index in [0.29, 0.717) is 18.8 Å². The quantitative estimate of drug-likeness (QED) is 0.811.